The molecule has 1 amide bonds. The lowest BCUT2D eigenvalue weighted by Gasteiger charge is -2.10. The van der Waals surface area contributed by atoms with Crippen molar-refractivity contribution in [2.24, 2.45) is 0 Å². The lowest BCUT2D eigenvalue weighted by Crippen LogP contribution is -2.22. The molecule has 8 nitrogen and oxygen atoms in total. The van der Waals surface area contributed by atoms with Gasteiger partial charge in [0.2, 0.25) is 10.0 Å². The maximum absolute atomic E-state index is 12.4. The third-order valence-corrected chi connectivity index (χ3v) is 7.78. The number of anilines is 1. The lowest BCUT2D eigenvalue weighted by atomic mass is 10.2. The van der Waals surface area contributed by atoms with Gasteiger partial charge in [-0.15, -0.1) is 0 Å². The topological polar surface area (TPSA) is 114 Å². The summed E-state index contributed by atoms with van der Waals surface area (Å²) < 4.78 is 49.2. The smallest absolute Gasteiger partial charge is 0.257 e. The normalized spacial score (nSPS) is 12.4. The Labute approximate surface area is 166 Å². The fourth-order valence-corrected chi connectivity index (χ4v) is 4.89. The van der Waals surface area contributed by atoms with Crippen LogP contribution in [0.5, 0.6) is 0 Å². The van der Waals surface area contributed by atoms with Crippen LogP contribution in [0.3, 0.4) is 0 Å². The first-order valence-electron chi connectivity index (χ1n) is 7.93. The number of carbonyl (C=O) groups excluding carboxylic acids is 1. The Bertz CT molecular complexity index is 1260. The lowest BCUT2D eigenvalue weighted by molar-refractivity contribution is 0.102. The Balaban J connectivity index is 1.85. The van der Waals surface area contributed by atoms with Gasteiger partial charge in [0, 0.05) is 25.9 Å². The van der Waals surface area contributed by atoms with E-state index in [9.17, 15) is 21.6 Å². The molecule has 0 saturated heterocycles. The van der Waals surface area contributed by atoms with E-state index in [1.54, 1.807) is 6.07 Å². The van der Waals surface area contributed by atoms with Crippen LogP contribution >= 0.6 is 11.3 Å². The summed E-state index contributed by atoms with van der Waals surface area (Å²) >= 11 is 1.15. The highest BCUT2D eigenvalue weighted by molar-refractivity contribution is 7.90. The van der Waals surface area contributed by atoms with E-state index < -0.39 is 25.8 Å². The Morgan fingerprint density at radius 1 is 1.00 bits per heavy atom. The predicted molar refractivity (Wildman–Crippen MR) is 108 cm³/mol. The molecule has 3 rings (SSSR count). The van der Waals surface area contributed by atoms with Crippen molar-refractivity contribution in [3.05, 3.63) is 48.0 Å². The third-order valence-electron chi connectivity index (χ3n) is 3.90. The number of hydrogen-bond acceptors (Lipinski definition) is 7. The number of nitrogens with one attached hydrogen (secondary N) is 1. The number of amides is 1. The first-order valence-corrected chi connectivity index (χ1v) is 12.1. The van der Waals surface area contributed by atoms with Crippen LogP contribution in [0.4, 0.5) is 5.13 Å². The van der Waals surface area contributed by atoms with E-state index in [-0.39, 0.29) is 15.4 Å². The number of benzene rings is 2. The SMILES string of the molecule is CN(C)S(=O)(=O)c1ccc2nc(NC(=O)c3ccc(S(C)(=O)=O)cc3)sc2c1. The van der Waals surface area contributed by atoms with Gasteiger partial charge in [-0.05, 0) is 42.5 Å². The molecule has 0 atom stereocenters. The van der Waals surface area contributed by atoms with Gasteiger partial charge in [0.15, 0.2) is 15.0 Å². The number of carbonyl (C=O) groups is 1. The number of aromatic nitrogens is 1. The number of fused-ring (bicyclic) bond motifs is 1. The maximum Gasteiger partial charge on any atom is 0.257 e. The molecule has 0 aliphatic carbocycles. The summed E-state index contributed by atoms with van der Waals surface area (Å²) in [7, 11) is -4.00. The molecule has 1 aromatic heterocycles. The van der Waals surface area contributed by atoms with Crippen LogP contribution in [0, 0.1) is 0 Å². The quantitative estimate of drug-likeness (QED) is 0.652. The first-order chi connectivity index (χ1) is 13.0. The Hall–Kier alpha value is -2.34. The largest absolute Gasteiger partial charge is 0.298 e. The Morgan fingerprint density at radius 2 is 1.61 bits per heavy atom. The highest BCUT2D eigenvalue weighted by atomic mass is 32.2. The molecule has 148 valence electrons. The molecule has 0 unspecified atom stereocenters. The van der Waals surface area contributed by atoms with Crippen LogP contribution in [-0.2, 0) is 19.9 Å². The van der Waals surface area contributed by atoms with Crippen molar-refractivity contribution < 1.29 is 21.6 Å². The highest BCUT2D eigenvalue weighted by Gasteiger charge is 2.19. The molecule has 0 saturated carbocycles. The molecule has 1 heterocycles. The van der Waals surface area contributed by atoms with Crippen molar-refractivity contribution in [2.75, 3.05) is 25.7 Å². The Kier molecular flexibility index (Phi) is 5.28. The Morgan fingerprint density at radius 3 is 2.18 bits per heavy atom. The highest BCUT2D eigenvalue weighted by Crippen LogP contribution is 2.29. The van der Waals surface area contributed by atoms with E-state index in [4.69, 9.17) is 0 Å². The monoisotopic (exact) mass is 439 g/mol. The van der Waals surface area contributed by atoms with Crippen molar-refractivity contribution >= 4 is 52.5 Å². The molecule has 0 bridgehead atoms. The van der Waals surface area contributed by atoms with Gasteiger partial charge in [0.25, 0.3) is 5.91 Å². The molecule has 0 aliphatic heterocycles. The van der Waals surface area contributed by atoms with Crippen LogP contribution in [0.15, 0.2) is 52.3 Å². The van der Waals surface area contributed by atoms with Gasteiger partial charge in [0.05, 0.1) is 20.0 Å². The average Bonchev–Trinajstić information content (AvgIpc) is 3.02. The number of thiazole rings is 1. The van der Waals surface area contributed by atoms with Crippen molar-refractivity contribution in [1.82, 2.24) is 9.29 Å². The molecule has 0 fully saturated rings. The van der Waals surface area contributed by atoms with Crippen LogP contribution in [0.1, 0.15) is 10.4 Å². The number of sulfone groups is 1. The second-order valence-corrected chi connectivity index (χ2v) is 11.4. The maximum atomic E-state index is 12.4. The third kappa shape index (κ3) is 4.07. The number of sulfonamides is 1. The van der Waals surface area contributed by atoms with Crippen molar-refractivity contribution in [2.45, 2.75) is 9.79 Å². The molecule has 28 heavy (non-hydrogen) atoms. The number of hydrogen-bond donors (Lipinski definition) is 1. The van der Waals surface area contributed by atoms with E-state index in [0.29, 0.717) is 15.3 Å². The van der Waals surface area contributed by atoms with Crippen LogP contribution in [0.2, 0.25) is 0 Å². The summed E-state index contributed by atoms with van der Waals surface area (Å²) in [5, 5.41) is 2.96. The minimum absolute atomic E-state index is 0.124. The van der Waals surface area contributed by atoms with E-state index in [2.05, 4.69) is 10.3 Å². The number of rotatable bonds is 5. The zero-order chi connectivity index (χ0) is 20.7. The molecule has 11 heteroatoms. The fourth-order valence-electron chi connectivity index (χ4n) is 2.35. The zero-order valence-electron chi connectivity index (χ0n) is 15.2. The van der Waals surface area contributed by atoms with Crippen molar-refractivity contribution in [3.63, 3.8) is 0 Å². The minimum Gasteiger partial charge on any atom is -0.298 e. The molecule has 0 spiro atoms. The van der Waals surface area contributed by atoms with Crippen LogP contribution < -0.4 is 5.32 Å². The second kappa shape index (κ2) is 7.24. The van der Waals surface area contributed by atoms with Gasteiger partial charge >= 0.3 is 0 Å². The van der Waals surface area contributed by atoms with Gasteiger partial charge in [-0.1, -0.05) is 11.3 Å². The van der Waals surface area contributed by atoms with E-state index in [1.165, 1.54) is 50.5 Å². The molecule has 1 N–H and O–H groups in total. The second-order valence-electron chi connectivity index (χ2n) is 6.19. The summed E-state index contributed by atoms with van der Waals surface area (Å²) in [6.45, 7) is 0. The van der Waals surface area contributed by atoms with Crippen molar-refractivity contribution in [3.8, 4) is 0 Å². The molecule has 0 radical (unpaired) electrons. The van der Waals surface area contributed by atoms with Crippen LogP contribution in [-0.4, -0.2) is 52.4 Å². The summed E-state index contributed by atoms with van der Waals surface area (Å²) in [6, 6.07) is 10.1. The van der Waals surface area contributed by atoms with Gasteiger partial charge < -0.3 is 0 Å². The van der Waals surface area contributed by atoms with Crippen LogP contribution in [0.25, 0.3) is 10.2 Å². The van der Waals surface area contributed by atoms with Gasteiger partial charge in [-0.2, -0.15) is 0 Å². The van der Waals surface area contributed by atoms with Gasteiger partial charge in [0.1, 0.15) is 0 Å². The first kappa shape index (κ1) is 20.4. The number of nitrogens with zero attached hydrogens (tertiary/aromatic N) is 2. The zero-order valence-corrected chi connectivity index (χ0v) is 17.7. The van der Waals surface area contributed by atoms with Gasteiger partial charge in [-0.25, -0.2) is 26.1 Å². The summed E-state index contributed by atoms with van der Waals surface area (Å²) in [5.74, 6) is -0.444. The van der Waals surface area contributed by atoms with Gasteiger partial charge in [-0.3, -0.25) is 10.1 Å². The standard InChI is InChI=1S/C17H17N3O5S3/c1-20(2)28(24,25)13-8-9-14-15(10-13)26-17(18-14)19-16(21)11-4-6-12(7-5-11)27(3,22)23/h4-10H,1-3H3,(H,18,19,21). The van der Waals surface area contributed by atoms with E-state index >= 15 is 0 Å². The van der Waals surface area contributed by atoms with E-state index in [0.717, 1.165) is 21.9 Å². The average molecular weight is 440 g/mol. The molecule has 2 aromatic carbocycles. The summed E-state index contributed by atoms with van der Waals surface area (Å²) in [4.78, 5) is 16.9. The van der Waals surface area contributed by atoms with Crippen molar-refractivity contribution in [1.29, 1.82) is 0 Å². The molecule has 3 aromatic rings. The molecular weight excluding hydrogens is 422 g/mol. The summed E-state index contributed by atoms with van der Waals surface area (Å²) in [6.07, 6.45) is 1.09. The molecular formula is C17H17N3O5S3. The summed E-state index contributed by atoms with van der Waals surface area (Å²) in [5.41, 5.74) is 0.841. The predicted octanol–water partition coefficient (Wildman–Crippen LogP) is 2.20. The van der Waals surface area contributed by atoms with E-state index in [1.807, 2.05) is 0 Å². The molecule has 0 aliphatic rings. The fraction of sp³-hybridized carbons (Fsp3) is 0.176. The minimum atomic E-state index is -3.57.